The van der Waals surface area contributed by atoms with E-state index in [-0.39, 0.29) is 51.5 Å². The Morgan fingerprint density at radius 3 is 2.11 bits per heavy atom. The van der Waals surface area contributed by atoms with E-state index >= 15 is 0 Å². The van der Waals surface area contributed by atoms with Crippen LogP contribution in [0.5, 0.6) is 0 Å². The van der Waals surface area contributed by atoms with E-state index in [1.807, 2.05) is 20.8 Å². The number of hydrogen-bond acceptors (Lipinski definition) is 5. The minimum absolute atomic E-state index is 0.0209. The molecule has 0 N–H and O–H groups in total. The second-order valence-corrected chi connectivity index (χ2v) is 20.1. The average molecular weight is 653 g/mol. The number of allylic oxidation sites excluding steroid dienone is 2. The topological polar surface area (TPSA) is 69.7 Å². The van der Waals surface area contributed by atoms with Crippen LogP contribution in [0.15, 0.2) is 11.1 Å². The lowest BCUT2D eigenvalue weighted by molar-refractivity contribution is -0.233. The molecule has 0 unspecified atom stereocenters. The third kappa shape index (κ3) is 5.68. The molecule has 0 amide bonds. The maximum atomic E-state index is 13.7. The van der Waals surface area contributed by atoms with Crippen LogP contribution < -0.4 is 0 Å². The zero-order chi connectivity index (χ0) is 35.2. The molecule has 5 heteroatoms. The molecular weight excluding hydrogens is 584 g/mol. The van der Waals surface area contributed by atoms with Crippen LogP contribution in [0.1, 0.15) is 167 Å². The molecule has 0 aromatic heterocycles. The summed E-state index contributed by atoms with van der Waals surface area (Å²) in [4.78, 5) is 40.0. The summed E-state index contributed by atoms with van der Waals surface area (Å²) < 4.78 is 11.9. The van der Waals surface area contributed by atoms with Crippen molar-refractivity contribution in [3.63, 3.8) is 0 Å². The molecule has 5 aliphatic carbocycles. The maximum absolute atomic E-state index is 13.7. The van der Waals surface area contributed by atoms with Crippen LogP contribution in [-0.4, -0.2) is 29.4 Å². The molecule has 0 heterocycles. The Morgan fingerprint density at radius 2 is 1.51 bits per heavy atom. The summed E-state index contributed by atoms with van der Waals surface area (Å²) in [6.07, 6.45) is 12.0. The fourth-order valence-electron chi connectivity index (χ4n) is 12.8. The van der Waals surface area contributed by atoms with Gasteiger partial charge in [-0.3, -0.25) is 14.4 Å². The first-order chi connectivity index (χ1) is 21.5. The molecule has 0 aromatic carbocycles. The standard InChI is InChI=1S/C42H68O5/c1-14-19-42-23-22-40(12)27(34(42)33(26(2)3)28(43)24-42)15-16-30-39(11)20-18-31(38(9,10)29(39)17-21-41(30,40)13)46-32(44)25-37(7,8)35(45)47-36(4,5)6/h26-27,29-31H,14-25H2,1-13H3/t27-,29+,30-,31+,39+,40-,41-,42+/m1/s1. The van der Waals surface area contributed by atoms with Crippen LogP contribution in [0.2, 0.25) is 0 Å². The Labute approximate surface area is 287 Å². The van der Waals surface area contributed by atoms with Crippen LogP contribution in [-0.2, 0) is 23.9 Å². The summed E-state index contributed by atoms with van der Waals surface area (Å²) in [6.45, 7) is 28.5. The molecule has 0 spiro atoms. The molecule has 5 nitrogen and oxygen atoms in total. The number of fused-ring (bicyclic) bond motifs is 7. The van der Waals surface area contributed by atoms with Crippen LogP contribution in [0.4, 0.5) is 0 Å². The molecule has 0 bridgehead atoms. The molecule has 0 aromatic rings. The maximum Gasteiger partial charge on any atom is 0.312 e. The number of Topliss-reactive ketones (excluding diaryl/α,β-unsaturated/α-hetero) is 1. The van der Waals surface area contributed by atoms with Crippen LogP contribution >= 0.6 is 0 Å². The SMILES string of the molecule is CCC[C@@]12CC[C@]3(C)[C@H](CC[C@@H]4[C@@]5(C)CC[C@H](OC(=O)CC(C)(C)C(=O)OC(C)(C)C)C(C)(C)[C@@H]5CC[C@]43C)C1=C(C(C)C)C(=O)C2. The Balaban J connectivity index is 1.39. The summed E-state index contributed by atoms with van der Waals surface area (Å²) >= 11 is 0. The first-order valence-electron chi connectivity index (χ1n) is 19.2. The largest absolute Gasteiger partial charge is 0.462 e. The molecule has 0 saturated heterocycles. The normalized spacial score (nSPS) is 39.9. The number of ketones is 1. The van der Waals surface area contributed by atoms with Crippen molar-refractivity contribution in [2.24, 2.45) is 56.2 Å². The minimum Gasteiger partial charge on any atom is -0.462 e. The van der Waals surface area contributed by atoms with Gasteiger partial charge in [0.05, 0.1) is 11.8 Å². The summed E-state index contributed by atoms with van der Waals surface area (Å²) in [6, 6.07) is 0. The molecule has 0 aliphatic heterocycles. The fourth-order valence-corrected chi connectivity index (χ4v) is 12.8. The summed E-state index contributed by atoms with van der Waals surface area (Å²) in [5.41, 5.74) is 1.76. The lowest BCUT2D eigenvalue weighted by Crippen LogP contribution is -2.65. The minimum atomic E-state index is -0.943. The Hall–Kier alpha value is -1.65. The Bertz CT molecular complexity index is 1310. The Kier molecular flexibility index (Phi) is 9.13. The molecule has 5 rings (SSSR count). The monoisotopic (exact) mass is 653 g/mol. The number of rotatable bonds is 7. The summed E-state index contributed by atoms with van der Waals surface area (Å²) in [5, 5.41) is 0. The van der Waals surface area contributed by atoms with Gasteiger partial charge in [0.1, 0.15) is 11.7 Å². The van der Waals surface area contributed by atoms with Gasteiger partial charge in [0.2, 0.25) is 0 Å². The lowest BCUT2D eigenvalue weighted by Gasteiger charge is -2.72. The van der Waals surface area contributed by atoms with Gasteiger partial charge in [-0.1, -0.05) is 67.4 Å². The molecule has 0 radical (unpaired) electrons. The zero-order valence-electron chi connectivity index (χ0n) is 32.4. The van der Waals surface area contributed by atoms with Crippen molar-refractivity contribution in [1.29, 1.82) is 0 Å². The highest BCUT2D eigenvalue weighted by atomic mass is 16.6. The van der Waals surface area contributed by atoms with E-state index in [2.05, 4.69) is 55.4 Å². The van der Waals surface area contributed by atoms with Crippen molar-refractivity contribution in [3.05, 3.63) is 11.1 Å². The number of hydrogen-bond donors (Lipinski definition) is 0. The van der Waals surface area contributed by atoms with Crippen molar-refractivity contribution in [3.8, 4) is 0 Å². The van der Waals surface area contributed by atoms with Gasteiger partial charge in [0.15, 0.2) is 5.78 Å². The molecule has 4 saturated carbocycles. The smallest absolute Gasteiger partial charge is 0.312 e. The van der Waals surface area contributed by atoms with Gasteiger partial charge in [-0.15, -0.1) is 0 Å². The highest BCUT2D eigenvalue weighted by Gasteiger charge is 2.70. The first-order valence-corrected chi connectivity index (χ1v) is 19.2. The molecular formula is C42H68O5. The number of esters is 2. The van der Waals surface area contributed by atoms with E-state index in [4.69, 9.17) is 9.47 Å². The van der Waals surface area contributed by atoms with Gasteiger partial charge in [-0.2, -0.15) is 0 Å². The van der Waals surface area contributed by atoms with E-state index in [0.29, 0.717) is 29.5 Å². The number of carbonyl (C=O) groups excluding carboxylic acids is 3. The third-order valence-electron chi connectivity index (χ3n) is 15.1. The van der Waals surface area contributed by atoms with Gasteiger partial charge < -0.3 is 9.47 Å². The predicted octanol–water partition coefficient (Wildman–Crippen LogP) is 10.4. The van der Waals surface area contributed by atoms with Crippen LogP contribution in [0, 0.1) is 56.2 Å². The lowest BCUT2D eigenvalue weighted by atomic mass is 9.33. The second-order valence-electron chi connectivity index (χ2n) is 20.1. The van der Waals surface area contributed by atoms with Crippen molar-refractivity contribution in [2.45, 2.75) is 179 Å². The van der Waals surface area contributed by atoms with Crippen molar-refractivity contribution in [2.75, 3.05) is 0 Å². The van der Waals surface area contributed by atoms with Gasteiger partial charge in [-0.25, -0.2) is 0 Å². The van der Waals surface area contributed by atoms with E-state index in [0.717, 1.165) is 44.9 Å². The van der Waals surface area contributed by atoms with E-state index < -0.39 is 11.0 Å². The summed E-state index contributed by atoms with van der Waals surface area (Å²) in [5.74, 6) is 1.66. The molecule has 8 atom stereocenters. The van der Waals surface area contributed by atoms with Crippen LogP contribution in [0.25, 0.3) is 0 Å². The number of carbonyl (C=O) groups is 3. The fraction of sp³-hybridized carbons (Fsp3) is 0.881. The quantitative estimate of drug-likeness (QED) is 0.256. The molecule has 266 valence electrons. The highest BCUT2D eigenvalue weighted by molar-refractivity contribution is 6.00. The van der Waals surface area contributed by atoms with Crippen LogP contribution in [0.3, 0.4) is 0 Å². The molecule has 5 aliphatic rings. The van der Waals surface area contributed by atoms with Gasteiger partial charge in [0, 0.05) is 11.8 Å². The van der Waals surface area contributed by atoms with E-state index in [9.17, 15) is 14.4 Å². The molecule has 47 heavy (non-hydrogen) atoms. The van der Waals surface area contributed by atoms with Crippen molar-refractivity contribution in [1.82, 2.24) is 0 Å². The summed E-state index contributed by atoms with van der Waals surface area (Å²) in [7, 11) is 0. The number of ether oxygens (including phenoxy) is 2. The Morgan fingerprint density at radius 1 is 0.851 bits per heavy atom. The zero-order valence-corrected chi connectivity index (χ0v) is 32.4. The van der Waals surface area contributed by atoms with Gasteiger partial charge >= 0.3 is 11.9 Å². The van der Waals surface area contributed by atoms with Crippen molar-refractivity contribution < 1.29 is 23.9 Å². The third-order valence-corrected chi connectivity index (χ3v) is 15.1. The van der Waals surface area contributed by atoms with E-state index in [1.165, 1.54) is 31.3 Å². The second kappa shape index (κ2) is 11.7. The average Bonchev–Trinajstić information content (AvgIpc) is 3.21. The molecule has 4 fully saturated rings. The highest BCUT2D eigenvalue weighted by Crippen LogP contribution is 2.77. The van der Waals surface area contributed by atoms with Gasteiger partial charge in [-0.05, 0) is 143 Å². The first kappa shape index (κ1) is 36.6. The predicted molar refractivity (Wildman–Crippen MR) is 188 cm³/mol. The van der Waals surface area contributed by atoms with Crippen molar-refractivity contribution >= 4 is 17.7 Å². The van der Waals surface area contributed by atoms with Gasteiger partial charge in [0.25, 0.3) is 0 Å². The van der Waals surface area contributed by atoms with E-state index in [1.54, 1.807) is 19.4 Å².